The summed E-state index contributed by atoms with van der Waals surface area (Å²) in [5, 5.41) is 0. The van der Waals surface area contributed by atoms with E-state index in [-0.39, 0.29) is 25.2 Å². The van der Waals surface area contributed by atoms with Crippen LogP contribution in [0.25, 0.3) is 0 Å². The van der Waals surface area contributed by atoms with Crippen LogP contribution in [0, 0.1) is 5.41 Å². The first-order chi connectivity index (χ1) is 8.65. The predicted octanol–water partition coefficient (Wildman–Crippen LogP) is 3.15. The molecule has 0 aromatic heterocycles. The summed E-state index contributed by atoms with van der Waals surface area (Å²) in [6.07, 6.45) is 8.42. The third kappa shape index (κ3) is 2.72. The molecule has 2 aliphatic heterocycles. The van der Waals surface area contributed by atoms with E-state index in [1.807, 2.05) is 13.8 Å². The summed E-state index contributed by atoms with van der Waals surface area (Å²) in [5.41, 5.74) is 0.299. The van der Waals surface area contributed by atoms with Gasteiger partial charge in [-0.3, -0.25) is 0 Å². The molecular formula is C14H24O4. The van der Waals surface area contributed by atoms with Crippen LogP contribution in [-0.2, 0) is 18.9 Å². The van der Waals surface area contributed by atoms with Crippen molar-refractivity contribution in [3.63, 3.8) is 0 Å². The topological polar surface area (TPSA) is 36.9 Å². The lowest BCUT2D eigenvalue weighted by Crippen LogP contribution is -2.47. The summed E-state index contributed by atoms with van der Waals surface area (Å²) < 4.78 is 22.5. The smallest absolute Gasteiger partial charge is 0.164 e. The van der Waals surface area contributed by atoms with E-state index in [1.54, 1.807) is 0 Å². The molecule has 0 amide bonds. The zero-order valence-electron chi connectivity index (χ0n) is 11.4. The van der Waals surface area contributed by atoms with Crippen molar-refractivity contribution < 1.29 is 18.9 Å². The van der Waals surface area contributed by atoms with Gasteiger partial charge in [0.25, 0.3) is 0 Å². The second kappa shape index (κ2) is 5.08. The molecule has 0 aromatic carbocycles. The highest BCUT2D eigenvalue weighted by Gasteiger charge is 2.43. The van der Waals surface area contributed by atoms with Gasteiger partial charge in [0.05, 0.1) is 0 Å². The van der Waals surface area contributed by atoms with Gasteiger partial charge in [0.1, 0.15) is 0 Å². The van der Waals surface area contributed by atoms with Crippen molar-refractivity contribution in [3.8, 4) is 0 Å². The van der Waals surface area contributed by atoms with Gasteiger partial charge in [0.15, 0.2) is 25.2 Å². The van der Waals surface area contributed by atoms with Gasteiger partial charge in [-0.15, -0.1) is 0 Å². The van der Waals surface area contributed by atoms with Crippen molar-refractivity contribution >= 4 is 0 Å². The van der Waals surface area contributed by atoms with Gasteiger partial charge in [-0.1, -0.05) is 19.3 Å². The molecule has 0 bridgehead atoms. The van der Waals surface area contributed by atoms with E-state index in [4.69, 9.17) is 18.9 Å². The van der Waals surface area contributed by atoms with E-state index < -0.39 is 0 Å². The normalized spacial score (nSPS) is 43.0. The number of hydrogen-bond donors (Lipinski definition) is 0. The largest absolute Gasteiger partial charge is 0.324 e. The SMILES string of the molecule is CC1OC(CC2(CC3OC(C)O3)CCCCC2)O1. The van der Waals surface area contributed by atoms with E-state index in [9.17, 15) is 0 Å². The Hall–Kier alpha value is -0.160. The van der Waals surface area contributed by atoms with Crippen LogP contribution in [0.3, 0.4) is 0 Å². The summed E-state index contributed by atoms with van der Waals surface area (Å²) in [5.74, 6) is 0. The highest BCUT2D eigenvalue weighted by atomic mass is 16.9. The fourth-order valence-corrected chi connectivity index (χ4v) is 3.57. The van der Waals surface area contributed by atoms with Gasteiger partial charge < -0.3 is 18.9 Å². The van der Waals surface area contributed by atoms with Gasteiger partial charge in [0.2, 0.25) is 0 Å². The molecule has 3 fully saturated rings. The minimum absolute atomic E-state index is 0.00407. The van der Waals surface area contributed by atoms with Gasteiger partial charge in [-0.25, -0.2) is 0 Å². The van der Waals surface area contributed by atoms with Crippen LogP contribution >= 0.6 is 0 Å². The lowest BCUT2D eigenvalue weighted by atomic mass is 9.69. The molecule has 4 heteroatoms. The van der Waals surface area contributed by atoms with Crippen molar-refractivity contribution in [1.82, 2.24) is 0 Å². The van der Waals surface area contributed by atoms with Crippen molar-refractivity contribution in [2.75, 3.05) is 0 Å². The standard InChI is InChI=1S/C14H24O4/c1-10-15-12(16-10)8-14(6-4-3-5-7-14)9-13-17-11(2)18-13/h10-13H,3-9H2,1-2H3. The second-order valence-corrected chi connectivity index (χ2v) is 6.01. The Balaban J connectivity index is 1.56. The minimum Gasteiger partial charge on any atom is -0.324 e. The van der Waals surface area contributed by atoms with Crippen molar-refractivity contribution in [2.45, 2.75) is 84.0 Å². The monoisotopic (exact) mass is 256 g/mol. The molecule has 0 spiro atoms. The molecule has 3 aliphatic rings. The van der Waals surface area contributed by atoms with E-state index >= 15 is 0 Å². The average molecular weight is 256 g/mol. The molecule has 3 rings (SSSR count). The minimum atomic E-state index is -0.0214. The maximum Gasteiger partial charge on any atom is 0.164 e. The Kier molecular flexibility index (Phi) is 3.63. The highest BCUT2D eigenvalue weighted by molar-refractivity contribution is 4.87. The molecule has 2 heterocycles. The zero-order valence-corrected chi connectivity index (χ0v) is 11.4. The lowest BCUT2D eigenvalue weighted by molar-refractivity contribution is -0.398. The number of hydrogen-bond acceptors (Lipinski definition) is 4. The second-order valence-electron chi connectivity index (χ2n) is 6.01. The summed E-state index contributed by atoms with van der Waals surface area (Å²) in [4.78, 5) is 0. The molecule has 4 nitrogen and oxygen atoms in total. The van der Waals surface area contributed by atoms with Crippen molar-refractivity contribution in [1.29, 1.82) is 0 Å². The van der Waals surface area contributed by atoms with Gasteiger partial charge in [-0.05, 0) is 32.1 Å². The highest BCUT2D eigenvalue weighted by Crippen LogP contribution is 2.47. The van der Waals surface area contributed by atoms with Crippen LogP contribution < -0.4 is 0 Å². The van der Waals surface area contributed by atoms with Crippen LogP contribution in [0.2, 0.25) is 0 Å². The predicted molar refractivity (Wildman–Crippen MR) is 65.6 cm³/mol. The van der Waals surface area contributed by atoms with E-state index in [0.29, 0.717) is 5.41 Å². The number of rotatable bonds is 4. The molecular weight excluding hydrogens is 232 g/mol. The molecule has 18 heavy (non-hydrogen) atoms. The maximum atomic E-state index is 5.62. The van der Waals surface area contributed by atoms with Crippen molar-refractivity contribution in [2.24, 2.45) is 5.41 Å². The fraction of sp³-hybridized carbons (Fsp3) is 1.00. The first-order valence-electron chi connectivity index (χ1n) is 7.27. The fourth-order valence-electron chi connectivity index (χ4n) is 3.57. The van der Waals surface area contributed by atoms with Crippen LogP contribution in [0.15, 0.2) is 0 Å². The summed E-state index contributed by atoms with van der Waals surface area (Å²) in [6, 6.07) is 0. The van der Waals surface area contributed by atoms with Gasteiger partial charge in [-0.2, -0.15) is 0 Å². The Morgan fingerprint density at radius 1 is 0.778 bits per heavy atom. The zero-order chi connectivity index (χ0) is 12.6. The molecule has 0 unspecified atom stereocenters. The van der Waals surface area contributed by atoms with Crippen LogP contribution in [-0.4, -0.2) is 25.2 Å². The van der Waals surface area contributed by atoms with E-state index in [2.05, 4.69) is 0 Å². The van der Waals surface area contributed by atoms with Crippen LogP contribution in [0.4, 0.5) is 0 Å². The van der Waals surface area contributed by atoms with Crippen LogP contribution in [0.1, 0.15) is 58.8 Å². The Morgan fingerprint density at radius 2 is 1.22 bits per heavy atom. The first kappa shape index (κ1) is 12.9. The number of ether oxygens (including phenoxy) is 4. The third-order valence-electron chi connectivity index (χ3n) is 4.49. The summed E-state index contributed by atoms with van der Waals surface area (Å²) in [6.45, 7) is 3.90. The average Bonchev–Trinajstić information content (AvgIpc) is 2.26. The summed E-state index contributed by atoms with van der Waals surface area (Å²) in [7, 11) is 0. The van der Waals surface area contributed by atoms with E-state index in [1.165, 1.54) is 32.1 Å². The quantitative estimate of drug-likeness (QED) is 0.774. The molecule has 0 atom stereocenters. The van der Waals surface area contributed by atoms with Crippen LogP contribution in [0.5, 0.6) is 0 Å². The van der Waals surface area contributed by atoms with Gasteiger partial charge in [0, 0.05) is 12.8 Å². The molecule has 0 radical (unpaired) electrons. The lowest BCUT2D eigenvalue weighted by Gasteiger charge is -2.47. The Labute approximate surface area is 109 Å². The summed E-state index contributed by atoms with van der Waals surface area (Å²) >= 11 is 0. The van der Waals surface area contributed by atoms with E-state index in [0.717, 1.165) is 12.8 Å². The maximum absolute atomic E-state index is 5.62. The molecule has 1 aliphatic carbocycles. The van der Waals surface area contributed by atoms with Crippen molar-refractivity contribution in [3.05, 3.63) is 0 Å². The van der Waals surface area contributed by atoms with Gasteiger partial charge >= 0.3 is 0 Å². The molecule has 0 aromatic rings. The third-order valence-corrected chi connectivity index (χ3v) is 4.49. The molecule has 2 saturated heterocycles. The molecule has 1 saturated carbocycles. The first-order valence-corrected chi connectivity index (χ1v) is 7.27. The Bertz CT molecular complexity index is 254. The molecule has 104 valence electrons. The molecule has 0 N–H and O–H groups in total. The Morgan fingerprint density at radius 3 is 1.61 bits per heavy atom.